The Morgan fingerprint density at radius 1 is 1.24 bits per heavy atom. The molecular formula is C14H23NO2. The van der Waals surface area contributed by atoms with Crippen molar-refractivity contribution in [1.29, 1.82) is 0 Å². The largest absolute Gasteiger partial charge is 0.496 e. The third kappa shape index (κ3) is 4.75. The van der Waals surface area contributed by atoms with Crippen molar-refractivity contribution in [1.82, 2.24) is 5.32 Å². The summed E-state index contributed by atoms with van der Waals surface area (Å²) in [5, 5.41) is 12.2. The summed E-state index contributed by atoms with van der Waals surface area (Å²) in [5.74, 6) is 0.933. The molecule has 0 amide bonds. The Balaban J connectivity index is 2.38. The summed E-state index contributed by atoms with van der Waals surface area (Å²) < 4.78 is 5.34. The van der Waals surface area contributed by atoms with Crippen molar-refractivity contribution in [3.63, 3.8) is 0 Å². The molecule has 96 valence electrons. The van der Waals surface area contributed by atoms with Gasteiger partial charge in [0.05, 0.1) is 7.11 Å². The smallest absolute Gasteiger partial charge is 0.123 e. The van der Waals surface area contributed by atoms with Crippen LogP contribution < -0.4 is 10.1 Å². The molecule has 0 spiro atoms. The topological polar surface area (TPSA) is 41.5 Å². The summed E-state index contributed by atoms with van der Waals surface area (Å²) in [6.45, 7) is 3.41. The maximum atomic E-state index is 8.68. The van der Waals surface area contributed by atoms with Gasteiger partial charge >= 0.3 is 0 Å². The van der Waals surface area contributed by atoms with Gasteiger partial charge in [0.2, 0.25) is 0 Å². The lowest BCUT2D eigenvalue weighted by Crippen LogP contribution is -2.20. The van der Waals surface area contributed by atoms with Crippen LogP contribution in [-0.2, 0) is 0 Å². The number of hydrogen-bond acceptors (Lipinski definition) is 3. The minimum Gasteiger partial charge on any atom is -0.496 e. The number of aliphatic hydroxyl groups excluding tert-OH is 1. The number of aliphatic hydroxyl groups is 1. The van der Waals surface area contributed by atoms with E-state index in [1.165, 1.54) is 5.56 Å². The molecule has 0 aromatic heterocycles. The molecule has 0 radical (unpaired) electrons. The SMILES string of the molecule is COc1ccccc1[C@H](C)NCCCCCO. The van der Waals surface area contributed by atoms with E-state index < -0.39 is 0 Å². The first-order valence-corrected chi connectivity index (χ1v) is 6.26. The molecule has 1 aromatic rings. The molecule has 3 nitrogen and oxygen atoms in total. The molecule has 3 heteroatoms. The number of hydrogen-bond donors (Lipinski definition) is 2. The first kappa shape index (κ1) is 14.0. The van der Waals surface area contributed by atoms with Crippen molar-refractivity contribution >= 4 is 0 Å². The van der Waals surface area contributed by atoms with E-state index in [0.29, 0.717) is 12.6 Å². The van der Waals surface area contributed by atoms with Gasteiger partial charge in [-0.1, -0.05) is 18.2 Å². The van der Waals surface area contributed by atoms with Crippen LogP contribution in [0.5, 0.6) is 5.75 Å². The summed E-state index contributed by atoms with van der Waals surface area (Å²) >= 11 is 0. The van der Waals surface area contributed by atoms with Gasteiger partial charge < -0.3 is 15.2 Å². The second-order valence-corrected chi connectivity index (χ2v) is 4.20. The molecule has 0 unspecified atom stereocenters. The lowest BCUT2D eigenvalue weighted by Gasteiger charge is -2.17. The highest BCUT2D eigenvalue weighted by Gasteiger charge is 2.09. The zero-order valence-electron chi connectivity index (χ0n) is 10.8. The summed E-state index contributed by atoms with van der Waals surface area (Å²) in [6.07, 6.45) is 3.06. The summed E-state index contributed by atoms with van der Waals surface area (Å²) in [7, 11) is 1.70. The highest BCUT2D eigenvalue weighted by atomic mass is 16.5. The van der Waals surface area contributed by atoms with Crippen LogP contribution in [0.3, 0.4) is 0 Å². The summed E-state index contributed by atoms with van der Waals surface area (Å²) in [6, 6.07) is 8.38. The number of para-hydroxylation sites is 1. The number of benzene rings is 1. The first-order chi connectivity index (χ1) is 8.29. The molecule has 0 aliphatic heterocycles. The third-order valence-corrected chi connectivity index (χ3v) is 2.89. The maximum absolute atomic E-state index is 8.68. The fourth-order valence-corrected chi connectivity index (χ4v) is 1.87. The standard InChI is InChI=1S/C14H23NO2/c1-12(15-10-6-3-7-11-16)13-8-4-5-9-14(13)17-2/h4-5,8-9,12,15-16H,3,6-7,10-11H2,1-2H3/t12-/m0/s1. The van der Waals surface area contributed by atoms with Gasteiger partial charge in [-0.05, 0) is 38.8 Å². The van der Waals surface area contributed by atoms with Crippen LogP contribution in [0.15, 0.2) is 24.3 Å². The average Bonchev–Trinajstić information content (AvgIpc) is 2.38. The van der Waals surface area contributed by atoms with Crippen molar-refractivity contribution in [3.8, 4) is 5.75 Å². The van der Waals surface area contributed by atoms with E-state index in [-0.39, 0.29) is 0 Å². The molecule has 0 saturated heterocycles. The summed E-state index contributed by atoms with van der Waals surface area (Å²) in [5.41, 5.74) is 1.19. The van der Waals surface area contributed by atoms with Crippen LogP contribution in [0.4, 0.5) is 0 Å². The molecule has 0 aliphatic rings. The van der Waals surface area contributed by atoms with E-state index >= 15 is 0 Å². The van der Waals surface area contributed by atoms with Gasteiger partial charge in [-0.15, -0.1) is 0 Å². The van der Waals surface area contributed by atoms with Crippen molar-refractivity contribution in [3.05, 3.63) is 29.8 Å². The Labute approximate surface area is 104 Å². The molecule has 1 aromatic carbocycles. The van der Waals surface area contributed by atoms with Crippen LogP contribution in [0.25, 0.3) is 0 Å². The van der Waals surface area contributed by atoms with E-state index in [9.17, 15) is 0 Å². The van der Waals surface area contributed by atoms with Crippen molar-refractivity contribution in [2.45, 2.75) is 32.2 Å². The van der Waals surface area contributed by atoms with Gasteiger partial charge in [-0.25, -0.2) is 0 Å². The number of unbranched alkanes of at least 4 members (excludes halogenated alkanes) is 2. The Morgan fingerprint density at radius 2 is 2.00 bits per heavy atom. The van der Waals surface area contributed by atoms with Crippen LogP contribution in [0.2, 0.25) is 0 Å². The third-order valence-electron chi connectivity index (χ3n) is 2.89. The van der Waals surface area contributed by atoms with Crippen molar-refractivity contribution in [2.75, 3.05) is 20.3 Å². The molecule has 0 bridgehead atoms. The Kier molecular flexibility index (Phi) is 6.67. The fraction of sp³-hybridized carbons (Fsp3) is 0.571. The van der Waals surface area contributed by atoms with Gasteiger partial charge in [0.1, 0.15) is 5.75 Å². The van der Waals surface area contributed by atoms with Crippen molar-refractivity contribution < 1.29 is 9.84 Å². The molecule has 0 saturated carbocycles. The molecule has 2 N–H and O–H groups in total. The van der Waals surface area contributed by atoms with E-state index in [1.807, 2.05) is 18.2 Å². The second kappa shape index (κ2) is 8.09. The molecule has 0 fully saturated rings. The molecule has 0 aliphatic carbocycles. The van der Waals surface area contributed by atoms with E-state index in [4.69, 9.17) is 9.84 Å². The fourth-order valence-electron chi connectivity index (χ4n) is 1.87. The molecule has 17 heavy (non-hydrogen) atoms. The maximum Gasteiger partial charge on any atom is 0.123 e. The molecule has 1 atom stereocenters. The number of methoxy groups -OCH3 is 1. The van der Waals surface area contributed by atoms with Gasteiger partial charge in [-0.3, -0.25) is 0 Å². The minimum absolute atomic E-state index is 0.292. The number of rotatable bonds is 8. The minimum atomic E-state index is 0.292. The van der Waals surface area contributed by atoms with Gasteiger partial charge in [0, 0.05) is 18.2 Å². The normalized spacial score (nSPS) is 12.4. The monoisotopic (exact) mass is 237 g/mol. The van der Waals surface area contributed by atoms with E-state index in [0.717, 1.165) is 31.6 Å². The summed E-state index contributed by atoms with van der Waals surface area (Å²) in [4.78, 5) is 0. The van der Waals surface area contributed by atoms with E-state index in [1.54, 1.807) is 7.11 Å². The average molecular weight is 237 g/mol. The van der Waals surface area contributed by atoms with Crippen LogP contribution >= 0.6 is 0 Å². The highest BCUT2D eigenvalue weighted by molar-refractivity contribution is 5.35. The van der Waals surface area contributed by atoms with Crippen LogP contribution in [0.1, 0.15) is 37.8 Å². The first-order valence-electron chi connectivity index (χ1n) is 6.26. The number of ether oxygens (including phenoxy) is 1. The van der Waals surface area contributed by atoms with Crippen molar-refractivity contribution in [2.24, 2.45) is 0 Å². The zero-order chi connectivity index (χ0) is 12.5. The quantitative estimate of drug-likeness (QED) is 0.683. The second-order valence-electron chi connectivity index (χ2n) is 4.20. The Hall–Kier alpha value is -1.06. The lowest BCUT2D eigenvalue weighted by molar-refractivity contribution is 0.282. The Morgan fingerprint density at radius 3 is 2.71 bits per heavy atom. The van der Waals surface area contributed by atoms with Crippen LogP contribution in [0, 0.1) is 0 Å². The van der Waals surface area contributed by atoms with Gasteiger partial charge in [-0.2, -0.15) is 0 Å². The Bertz CT molecular complexity index is 315. The molecular weight excluding hydrogens is 214 g/mol. The zero-order valence-corrected chi connectivity index (χ0v) is 10.8. The van der Waals surface area contributed by atoms with Gasteiger partial charge in [0.25, 0.3) is 0 Å². The molecule has 0 heterocycles. The number of nitrogens with one attached hydrogen (secondary N) is 1. The van der Waals surface area contributed by atoms with E-state index in [2.05, 4.69) is 18.3 Å². The highest BCUT2D eigenvalue weighted by Crippen LogP contribution is 2.24. The van der Waals surface area contributed by atoms with Gasteiger partial charge in [0.15, 0.2) is 0 Å². The lowest BCUT2D eigenvalue weighted by atomic mass is 10.1. The predicted octanol–water partition coefficient (Wildman–Crippen LogP) is 2.51. The molecule has 1 rings (SSSR count). The predicted molar refractivity (Wildman–Crippen MR) is 70.3 cm³/mol. The van der Waals surface area contributed by atoms with Crippen LogP contribution in [-0.4, -0.2) is 25.4 Å².